The van der Waals surface area contributed by atoms with Crippen LogP contribution in [0.15, 0.2) is 12.3 Å². The first kappa shape index (κ1) is 16.9. The Hall–Kier alpha value is -1.11. The fraction of sp³-hybridized carbons (Fsp3) is 0.692. The fourth-order valence-electron chi connectivity index (χ4n) is 2.39. The first-order valence-corrected chi connectivity index (χ1v) is 6.77. The summed E-state index contributed by atoms with van der Waals surface area (Å²) in [7, 11) is 1.65. The zero-order valence-corrected chi connectivity index (χ0v) is 12.6. The maximum Gasteiger partial charge on any atom is 0.245 e. The summed E-state index contributed by atoms with van der Waals surface area (Å²) in [5, 5.41) is 7.08. The third-order valence-electron chi connectivity index (χ3n) is 3.60. The molecular formula is C13H23ClN4O2. The van der Waals surface area contributed by atoms with E-state index in [0.717, 1.165) is 32.1 Å². The number of ether oxygens (including phenoxy) is 1. The van der Waals surface area contributed by atoms with E-state index in [4.69, 9.17) is 10.5 Å². The van der Waals surface area contributed by atoms with Crippen LogP contribution in [0.5, 0.6) is 0 Å². The van der Waals surface area contributed by atoms with E-state index >= 15 is 0 Å². The highest BCUT2D eigenvalue weighted by Crippen LogP contribution is 2.26. The molecule has 3 N–H and O–H groups in total. The Morgan fingerprint density at radius 3 is 2.85 bits per heavy atom. The number of nitrogens with zero attached hydrogens (tertiary/aromatic N) is 2. The fourth-order valence-corrected chi connectivity index (χ4v) is 2.39. The third kappa shape index (κ3) is 4.19. The van der Waals surface area contributed by atoms with Crippen LogP contribution in [-0.2, 0) is 16.1 Å². The highest BCUT2D eigenvalue weighted by atomic mass is 35.5. The highest BCUT2D eigenvalue weighted by Gasteiger charge is 2.35. The molecule has 0 bridgehead atoms. The van der Waals surface area contributed by atoms with E-state index in [1.54, 1.807) is 17.9 Å². The highest BCUT2D eigenvalue weighted by molar-refractivity contribution is 5.97. The van der Waals surface area contributed by atoms with Crippen LogP contribution >= 0.6 is 12.4 Å². The van der Waals surface area contributed by atoms with Crippen LogP contribution in [0, 0.1) is 0 Å². The van der Waals surface area contributed by atoms with Gasteiger partial charge in [0.1, 0.15) is 0 Å². The minimum Gasteiger partial charge on any atom is -0.383 e. The van der Waals surface area contributed by atoms with Crippen LogP contribution in [0.3, 0.4) is 0 Å². The summed E-state index contributed by atoms with van der Waals surface area (Å²) in [6, 6.07) is 1.78. The van der Waals surface area contributed by atoms with Crippen molar-refractivity contribution in [2.75, 3.05) is 19.0 Å². The molecule has 0 radical (unpaired) electrons. The van der Waals surface area contributed by atoms with Crippen LogP contribution in [0.25, 0.3) is 0 Å². The second kappa shape index (κ2) is 7.61. The third-order valence-corrected chi connectivity index (χ3v) is 3.60. The standard InChI is InChI=1S/C13H22N4O2.ClH/c1-19-10-9-17-8-5-11(16-17)15-12(18)13(14)6-3-2-4-7-13;/h5,8H,2-4,6-7,9-10,14H2,1H3,(H,15,16,18);1H. The van der Waals surface area contributed by atoms with Gasteiger partial charge in [-0.05, 0) is 12.8 Å². The van der Waals surface area contributed by atoms with Crippen LogP contribution in [-0.4, -0.2) is 34.9 Å². The summed E-state index contributed by atoms with van der Waals surface area (Å²) >= 11 is 0. The van der Waals surface area contributed by atoms with Crippen molar-refractivity contribution in [3.05, 3.63) is 12.3 Å². The molecule has 1 aromatic rings. The van der Waals surface area contributed by atoms with Gasteiger partial charge in [-0.2, -0.15) is 5.10 Å². The summed E-state index contributed by atoms with van der Waals surface area (Å²) in [5.74, 6) is 0.431. The Labute approximate surface area is 125 Å². The van der Waals surface area contributed by atoms with Gasteiger partial charge < -0.3 is 15.8 Å². The molecule has 6 nitrogen and oxygen atoms in total. The van der Waals surface area contributed by atoms with Gasteiger partial charge in [0.05, 0.1) is 18.7 Å². The number of carbonyl (C=O) groups excluding carboxylic acids is 1. The number of hydrogen-bond acceptors (Lipinski definition) is 4. The van der Waals surface area contributed by atoms with Gasteiger partial charge in [0.2, 0.25) is 5.91 Å². The van der Waals surface area contributed by atoms with Gasteiger partial charge in [0.25, 0.3) is 0 Å². The van der Waals surface area contributed by atoms with Crippen LogP contribution in [0.1, 0.15) is 32.1 Å². The molecule has 1 aliphatic rings. The van der Waals surface area contributed by atoms with Gasteiger partial charge in [-0.15, -0.1) is 12.4 Å². The summed E-state index contributed by atoms with van der Waals surface area (Å²) in [5.41, 5.74) is 5.44. The van der Waals surface area contributed by atoms with Crippen LogP contribution in [0.4, 0.5) is 5.82 Å². The van der Waals surface area contributed by atoms with Gasteiger partial charge in [-0.25, -0.2) is 0 Å². The molecule has 0 aliphatic heterocycles. The van der Waals surface area contributed by atoms with Gasteiger partial charge in [0, 0.05) is 19.4 Å². The summed E-state index contributed by atoms with van der Waals surface area (Å²) in [6.45, 7) is 1.26. The molecule has 20 heavy (non-hydrogen) atoms. The number of hydrogen-bond donors (Lipinski definition) is 2. The van der Waals surface area contributed by atoms with Gasteiger partial charge in [-0.1, -0.05) is 19.3 Å². The van der Waals surface area contributed by atoms with Crippen molar-refractivity contribution in [2.45, 2.75) is 44.2 Å². The lowest BCUT2D eigenvalue weighted by Gasteiger charge is -2.31. The molecule has 1 amide bonds. The topological polar surface area (TPSA) is 82.2 Å². The van der Waals surface area contributed by atoms with E-state index in [2.05, 4.69) is 10.4 Å². The second-order valence-corrected chi connectivity index (χ2v) is 5.13. The Balaban J connectivity index is 0.00000200. The van der Waals surface area contributed by atoms with Crippen molar-refractivity contribution in [2.24, 2.45) is 5.73 Å². The van der Waals surface area contributed by atoms with Crippen molar-refractivity contribution in [1.82, 2.24) is 9.78 Å². The minimum atomic E-state index is -0.728. The molecular weight excluding hydrogens is 280 g/mol. The number of halogens is 1. The van der Waals surface area contributed by atoms with E-state index in [-0.39, 0.29) is 18.3 Å². The molecule has 2 rings (SSSR count). The summed E-state index contributed by atoms with van der Waals surface area (Å²) < 4.78 is 6.72. The van der Waals surface area contributed by atoms with Crippen molar-refractivity contribution in [1.29, 1.82) is 0 Å². The van der Waals surface area contributed by atoms with Gasteiger partial charge >= 0.3 is 0 Å². The van der Waals surface area contributed by atoms with E-state index < -0.39 is 5.54 Å². The average Bonchev–Trinajstić information content (AvgIpc) is 2.85. The first-order valence-electron chi connectivity index (χ1n) is 6.77. The molecule has 1 aromatic heterocycles. The summed E-state index contributed by atoms with van der Waals surface area (Å²) in [6.07, 6.45) is 6.53. The lowest BCUT2D eigenvalue weighted by Crippen LogP contribution is -2.52. The molecule has 0 aromatic carbocycles. The van der Waals surface area contributed by atoms with Crippen molar-refractivity contribution < 1.29 is 9.53 Å². The molecule has 1 aliphatic carbocycles. The van der Waals surface area contributed by atoms with E-state index in [1.807, 2.05) is 6.20 Å². The molecule has 0 spiro atoms. The lowest BCUT2D eigenvalue weighted by atomic mass is 9.82. The van der Waals surface area contributed by atoms with Gasteiger partial charge in [0.15, 0.2) is 5.82 Å². The Morgan fingerprint density at radius 1 is 1.50 bits per heavy atom. The molecule has 1 heterocycles. The molecule has 0 atom stereocenters. The molecule has 0 unspecified atom stereocenters. The number of aromatic nitrogens is 2. The van der Waals surface area contributed by atoms with E-state index in [9.17, 15) is 4.79 Å². The Bertz CT molecular complexity index is 430. The molecule has 7 heteroatoms. The summed E-state index contributed by atoms with van der Waals surface area (Å²) in [4.78, 5) is 12.2. The maximum atomic E-state index is 12.2. The predicted molar refractivity (Wildman–Crippen MR) is 80.0 cm³/mol. The number of methoxy groups -OCH3 is 1. The first-order chi connectivity index (χ1) is 9.14. The lowest BCUT2D eigenvalue weighted by molar-refractivity contribution is -0.122. The maximum absolute atomic E-state index is 12.2. The zero-order chi connectivity index (χ0) is 13.7. The van der Waals surface area contributed by atoms with Crippen molar-refractivity contribution in [3.63, 3.8) is 0 Å². The monoisotopic (exact) mass is 302 g/mol. The SMILES string of the molecule is COCCn1ccc(NC(=O)C2(N)CCCCC2)n1.Cl. The van der Waals surface area contributed by atoms with Crippen LogP contribution < -0.4 is 11.1 Å². The van der Waals surface area contributed by atoms with E-state index in [1.165, 1.54) is 0 Å². The predicted octanol–water partition coefficient (Wildman–Crippen LogP) is 1.55. The number of amides is 1. The number of anilines is 1. The molecule has 1 fully saturated rings. The molecule has 0 saturated heterocycles. The zero-order valence-electron chi connectivity index (χ0n) is 11.8. The Morgan fingerprint density at radius 2 is 2.20 bits per heavy atom. The number of nitrogens with one attached hydrogen (secondary N) is 1. The second-order valence-electron chi connectivity index (χ2n) is 5.13. The minimum absolute atomic E-state index is 0. The number of carbonyl (C=O) groups is 1. The Kier molecular flexibility index (Phi) is 6.45. The van der Waals surface area contributed by atoms with Gasteiger partial charge in [-0.3, -0.25) is 9.48 Å². The number of nitrogens with two attached hydrogens (primary N) is 1. The normalized spacial score (nSPS) is 17.3. The van der Waals surface area contributed by atoms with E-state index in [0.29, 0.717) is 19.0 Å². The molecule has 114 valence electrons. The smallest absolute Gasteiger partial charge is 0.245 e. The van der Waals surface area contributed by atoms with Crippen molar-refractivity contribution in [3.8, 4) is 0 Å². The van der Waals surface area contributed by atoms with Crippen LogP contribution in [0.2, 0.25) is 0 Å². The average molecular weight is 303 g/mol. The quantitative estimate of drug-likeness (QED) is 0.864. The number of rotatable bonds is 5. The largest absolute Gasteiger partial charge is 0.383 e. The molecule has 1 saturated carbocycles. The van der Waals surface area contributed by atoms with Crippen molar-refractivity contribution >= 4 is 24.1 Å².